The highest BCUT2D eigenvalue weighted by Gasteiger charge is 2.61. The lowest BCUT2D eigenvalue weighted by Gasteiger charge is -2.28. The van der Waals surface area contributed by atoms with E-state index in [0.717, 1.165) is 15.2 Å². The first kappa shape index (κ1) is 29.5. The first-order chi connectivity index (χ1) is 19.2. The van der Waals surface area contributed by atoms with Crippen molar-refractivity contribution < 1.29 is 32.3 Å². The van der Waals surface area contributed by atoms with E-state index in [4.69, 9.17) is 9.47 Å². The molecule has 10 nitrogen and oxygen atoms in total. The topological polar surface area (TPSA) is 132 Å². The number of hydrogen-bond donors (Lipinski definition) is 1. The molecule has 3 fully saturated rings. The number of pyridine rings is 1. The number of nitrogens with zero attached hydrogens (tertiary/aromatic N) is 2. The Kier molecular flexibility index (Phi) is 7.69. The van der Waals surface area contributed by atoms with Gasteiger partial charge in [0, 0.05) is 28.9 Å². The van der Waals surface area contributed by atoms with E-state index >= 15 is 0 Å². The molecule has 5 rings (SSSR count). The molecule has 2 aromatic rings. The van der Waals surface area contributed by atoms with Gasteiger partial charge in [0.1, 0.15) is 11.7 Å². The van der Waals surface area contributed by atoms with Crippen molar-refractivity contribution in [3.63, 3.8) is 0 Å². The molecule has 2 amide bonds. The summed E-state index contributed by atoms with van der Waals surface area (Å²) < 4.78 is 39.9. The third-order valence-electron chi connectivity index (χ3n) is 7.79. The van der Waals surface area contributed by atoms with Crippen molar-refractivity contribution in [3.05, 3.63) is 47.6 Å². The van der Waals surface area contributed by atoms with E-state index in [-0.39, 0.29) is 31.1 Å². The summed E-state index contributed by atoms with van der Waals surface area (Å²) in [4.78, 5) is 46.0. The molecule has 0 bridgehead atoms. The van der Waals surface area contributed by atoms with E-state index in [0.29, 0.717) is 25.1 Å². The maximum Gasteiger partial charge on any atom is 0.411 e. The van der Waals surface area contributed by atoms with Gasteiger partial charge in [0.15, 0.2) is 5.78 Å². The number of benzene rings is 1. The van der Waals surface area contributed by atoms with Crippen molar-refractivity contribution in [2.24, 2.45) is 11.3 Å². The quantitative estimate of drug-likeness (QED) is 0.393. The molecule has 1 aromatic carbocycles. The molecule has 3 aliphatic rings. The Morgan fingerprint density at radius 1 is 1.24 bits per heavy atom. The predicted octanol–water partition coefficient (Wildman–Crippen LogP) is 4.51. The van der Waals surface area contributed by atoms with E-state index < -0.39 is 50.4 Å². The molecule has 2 heterocycles. The summed E-state index contributed by atoms with van der Waals surface area (Å²) in [5.41, 5.74) is -2.02. The minimum atomic E-state index is -3.78. The Bertz CT molecular complexity index is 1520. The summed E-state index contributed by atoms with van der Waals surface area (Å²) in [5, 5.41) is 1.13. The third-order valence-corrected chi connectivity index (χ3v) is 10.1. The number of sulfonamides is 1. The van der Waals surface area contributed by atoms with Crippen molar-refractivity contribution in [2.75, 3.05) is 6.54 Å². The van der Waals surface area contributed by atoms with Crippen LogP contribution in [0.1, 0.15) is 52.9 Å². The first-order valence-electron chi connectivity index (χ1n) is 13.6. The number of amides is 2. The van der Waals surface area contributed by atoms with Crippen LogP contribution in [0.3, 0.4) is 0 Å². The first-order valence-corrected chi connectivity index (χ1v) is 16.0. The van der Waals surface area contributed by atoms with E-state index in [1.54, 1.807) is 33.0 Å². The normalized spacial score (nSPS) is 26.0. The van der Waals surface area contributed by atoms with Crippen molar-refractivity contribution in [2.45, 2.75) is 75.9 Å². The summed E-state index contributed by atoms with van der Waals surface area (Å²) in [6.45, 7) is 9.06. The molecule has 1 aromatic heterocycles. The fourth-order valence-electron chi connectivity index (χ4n) is 5.38. The van der Waals surface area contributed by atoms with Gasteiger partial charge in [0.2, 0.25) is 21.8 Å². The molecule has 220 valence electrons. The molecule has 2 saturated carbocycles. The predicted molar refractivity (Wildman–Crippen MR) is 156 cm³/mol. The Morgan fingerprint density at radius 3 is 2.61 bits per heavy atom. The standard InChI is InChI=1S/C29H34BrN3O7S/c1-5-18-14-29(18,26(35)32-41(37,38)21-8-9-21)15-24(34)23-13-20(16-33(23)27(36)40-28(2,3)4)39-25-22-12-19(30)7-6-17(22)10-11-31-25/h5-7,10-12,18,20-21,23H,1,8-9,13-16H2,2-4H3,(H,32,35)/t18-,20-,23+,29-/m1/s1. The molecule has 1 aliphatic heterocycles. The van der Waals surface area contributed by atoms with Gasteiger partial charge in [-0.3, -0.25) is 19.2 Å². The number of ketones is 1. The minimum absolute atomic E-state index is 0.0809. The fraction of sp³-hybridized carbons (Fsp3) is 0.517. The maximum atomic E-state index is 13.8. The van der Waals surface area contributed by atoms with Gasteiger partial charge in [-0.05, 0) is 69.5 Å². The summed E-state index contributed by atoms with van der Waals surface area (Å²) in [6, 6.07) is 6.68. The number of nitrogens with one attached hydrogen (secondary N) is 1. The van der Waals surface area contributed by atoms with E-state index in [9.17, 15) is 22.8 Å². The monoisotopic (exact) mass is 647 g/mol. The molecule has 1 saturated heterocycles. The second-order valence-corrected chi connectivity index (χ2v) is 15.0. The molecule has 4 atom stereocenters. The van der Waals surface area contributed by atoms with Gasteiger partial charge >= 0.3 is 6.09 Å². The largest absolute Gasteiger partial charge is 0.472 e. The van der Waals surface area contributed by atoms with Gasteiger partial charge in [-0.25, -0.2) is 18.2 Å². The number of allylic oxidation sites excluding steroid dienone is 1. The van der Waals surface area contributed by atoms with Crippen LogP contribution in [0, 0.1) is 11.3 Å². The van der Waals surface area contributed by atoms with Crippen LogP contribution >= 0.6 is 15.9 Å². The molecule has 2 aliphatic carbocycles. The van der Waals surface area contributed by atoms with Gasteiger partial charge in [-0.15, -0.1) is 6.58 Å². The zero-order valence-corrected chi connectivity index (χ0v) is 25.7. The Hall–Kier alpha value is -2.99. The highest BCUT2D eigenvalue weighted by Crippen LogP contribution is 2.57. The van der Waals surface area contributed by atoms with Gasteiger partial charge < -0.3 is 9.47 Å². The van der Waals surface area contributed by atoms with Crippen LogP contribution in [0.2, 0.25) is 0 Å². The lowest BCUT2D eigenvalue weighted by atomic mass is 9.91. The van der Waals surface area contributed by atoms with Crippen LogP contribution in [-0.4, -0.2) is 65.6 Å². The van der Waals surface area contributed by atoms with Crippen molar-refractivity contribution in [1.29, 1.82) is 0 Å². The Labute approximate surface area is 248 Å². The van der Waals surface area contributed by atoms with Gasteiger partial charge in [-0.1, -0.05) is 28.1 Å². The molecular weight excluding hydrogens is 614 g/mol. The maximum absolute atomic E-state index is 13.8. The molecule has 0 radical (unpaired) electrons. The summed E-state index contributed by atoms with van der Waals surface area (Å²) in [6.07, 6.45) is 3.24. The van der Waals surface area contributed by atoms with Crippen LogP contribution in [0.25, 0.3) is 10.8 Å². The number of Topliss-reactive ketones (excluding diaryl/α,β-unsaturated/α-hetero) is 1. The van der Waals surface area contributed by atoms with Gasteiger partial charge in [0.25, 0.3) is 0 Å². The smallest absolute Gasteiger partial charge is 0.411 e. The summed E-state index contributed by atoms with van der Waals surface area (Å²) in [7, 11) is -3.78. The summed E-state index contributed by atoms with van der Waals surface area (Å²) in [5.74, 6) is -1.02. The van der Waals surface area contributed by atoms with Crippen LogP contribution in [0.5, 0.6) is 5.88 Å². The Balaban J connectivity index is 1.38. The van der Waals surface area contributed by atoms with Crippen LogP contribution in [0.15, 0.2) is 47.6 Å². The number of likely N-dealkylation sites (tertiary alicyclic amines) is 1. The van der Waals surface area contributed by atoms with Crippen LogP contribution in [0.4, 0.5) is 4.79 Å². The van der Waals surface area contributed by atoms with Crippen molar-refractivity contribution in [1.82, 2.24) is 14.6 Å². The van der Waals surface area contributed by atoms with E-state index in [1.165, 1.54) is 4.90 Å². The molecular formula is C29H34BrN3O7S. The number of hydrogen-bond acceptors (Lipinski definition) is 8. The lowest BCUT2D eigenvalue weighted by Crippen LogP contribution is -2.46. The van der Waals surface area contributed by atoms with Crippen LogP contribution < -0.4 is 9.46 Å². The number of ether oxygens (including phenoxy) is 2. The average Bonchev–Trinajstić information content (AvgIpc) is 3.80. The van der Waals surface area contributed by atoms with Gasteiger partial charge in [-0.2, -0.15) is 0 Å². The molecule has 41 heavy (non-hydrogen) atoms. The number of rotatable bonds is 9. The summed E-state index contributed by atoms with van der Waals surface area (Å²) >= 11 is 3.48. The second kappa shape index (κ2) is 10.7. The zero-order chi connectivity index (χ0) is 29.7. The Morgan fingerprint density at radius 2 is 1.98 bits per heavy atom. The van der Waals surface area contributed by atoms with Crippen molar-refractivity contribution in [3.8, 4) is 5.88 Å². The minimum Gasteiger partial charge on any atom is -0.472 e. The molecule has 12 heteroatoms. The van der Waals surface area contributed by atoms with Crippen LogP contribution in [-0.2, 0) is 24.3 Å². The number of fused-ring (bicyclic) bond motifs is 1. The van der Waals surface area contributed by atoms with Gasteiger partial charge in [0.05, 0.1) is 23.3 Å². The van der Waals surface area contributed by atoms with Crippen molar-refractivity contribution >= 4 is 54.5 Å². The fourth-order valence-corrected chi connectivity index (χ4v) is 7.13. The van der Waals surface area contributed by atoms with E-state index in [1.807, 2.05) is 24.3 Å². The highest BCUT2D eigenvalue weighted by molar-refractivity contribution is 9.10. The highest BCUT2D eigenvalue weighted by atomic mass is 79.9. The zero-order valence-electron chi connectivity index (χ0n) is 23.3. The third kappa shape index (κ3) is 6.28. The second-order valence-electron chi connectivity index (χ2n) is 12.1. The molecule has 1 N–H and O–H groups in total. The molecule has 0 spiro atoms. The number of carbonyl (C=O) groups excluding carboxylic acids is 3. The molecule has 0 unspecified atom stereocenters. The number of aromatic nitrogens is 1. The number of halogens is 1. The van der Waals surface area contributed by atoms with E-state index in [2.05, 4.69) is 32.2 Å². The SMILES string of the molecule is C=C[C@@H]1C[C@]1(CC(=O)[C@@H]1C[C@@H](Oc2nccc3ccc(Br)cc23)CN1C(=O)OC(C)(C)C)C(=O)NS(=O)(=O)C1CC1. The average molecular weight is 649 g/mol. The number of carbonyl (C=O) groups is 3. The lowest BCUT2D eigenvalue weighted by molar-refractivity contribution is -0.131.